The summed E-state index contributed by atoms with van der Waals surface area (Å²) in [7, 11) is 0. The molecule has 1 N–H and O–H groups in total. The van der Waals surface area contributed by atoms with Gasteiger partial charge in [-0.15, -0.1) is 10.2 Å². The first-order valence-electron chi connectivity index (χ1n) is 8.76. The molecule has 28 heavy (non-hydrogen) atoms. The normalized spacial score (nSPS) is 11.7. The second-order valence-electron chi connectivity index (χ2n) is 6.33. The van der Waals surface area contributed by atoms with Gasteiger partial charge >= 0.3 is 0 Å². The van der Waals surface area contributed by atoms with Crippen LogP contribution in [0.25, 0.3) is 23.2 Å². The lowest BCUT2D eigenvalue weighted by Gasteiger charge is -2.05. The Balaban J connectivity index is 1.48. The third-order valence-corrected chi connectivity index (χ3v) is 4.20. The van der Waals surface area contributed by atoms with Crippen molar-refractivity contribution in [3.8, 4) is 11.5 Å². The van der Waals surface area contributed by atoms with Gasteiger partial charge in [0.25, 0.3) is 5.89 Å². The van der Waals surface area contributed by atoms with Crippen molar-refractivity contribution in [2.24, 2.45) is 0 Å². The first kappa shape index (κ1) is 17.6. The quantitative estimate of drug-likeness (QED) is 0.540. The first-order chi connectivity index (χ1) is 13.6. The average molecular weight is 374 g/mol. The second-order valence-corrected chi connectivity index (χ2v) is 6.33. The number of pyridine rings is 1. The third kappa shape index (κ3) is 3.66. The summed E-state index contributed by atoms with van der Waals surface area (Å²) in [6, 6.07) is 13.4. The van der Waals surface area contributed by atoms with Crippen LogP contribution in [0, 0.1) is 6.92 Å². The highest BCUT2D eigenvalue weighted by atomic mass is 16.5. The van der Waals surface area contributed by atoms with Gasteiger partial charge in [-0.3, -0.25) is 9.20 Å². The number of rotatable bonds is 5. The van der Waals surface area contributed by atoms with Crippen molar-refractivity contribution in [1.29, 1.82) is 0 Å². The number of nitrogens with one attached hydrogen (secondary N) is 1. The number of aromatic nitrogens is 5. The molecule has 0 aliphatic heterocycles. The number of amides is 1. The van der Waals surface area contributed by atoms with Crippen LogP contribution in [0.15, 0.2) is 58.8 Å². The molecule has 0 saturated heterocycles. The Kier molecular flexibility index (Phi) is 4.67. The Bertz CT molecular complexity index is 1160. The zero-order valence-corrected chi connectivity index (χ0v) is 15.5. The van der Waals surface area contributed by atoms with E-state index in [4.69, 9.17) is 4.52 Å². The van der Waals surface area contributed by atoms with Crippen molar-refractivity contribution >= 4 is 17.6 Å². The fourth-order valence-electron chi connectivity index (χ4n) is 2.77. The molecule has 0 atom stereocenters. The molecule has 8 heteroatoms. The van der Waals surface area contributed by atoms with Crippen molar-refractivity contribution < 1.29 is 9.32 Å². The van der Waals surface area contributed by atoms with Gasteiger partial charge in [0.05, 0.1) is 6.54 Å². The van der Waals surface area contributed by atoms with Gasteiger partial charge in [0.1, 0.15) is 0 Å². The number of carbonyl (C=O) groups is 1. The molecule has 0 aliphatic rings. The molecule has 1 aromatic carbocycles. The SMILES string of the molecule is C/C(=C\c1ccccc1)C(=O)NCc1nnc2cc(-c3nc(C)no3)ccn12. The van der Waals surface area contributed by atoms with Gasteiger partial charge in [-0.2, -0.15) is 4.98 Å². The molecule has 3 heterocycles. The fraction of sp³-hybridized carbons (Fsp3) is 0.150. The minimum Gasteiger partial charge on any atom is -0.345 e. The van der Waals surface area contributed by atoms with E-state index in [1.54, 1.807) is 13.8 Å². The van der Waals surface area contributed by atoms with E-state index in [0.29, 0.717) is 28.8 Å². The number of fused-ring (bicyclic) bond motifs is 1. The summed E-state index contributed by atoms with van der Waals surface area (Å²) in [5.41, 5.74) is 2.99. The highest BCUT2D eigenvalue weighted by molar-refractivity contribution is 5.97. The number of benzene rings is 1. The van der Waals surface area contributed by atoms with Crippen LogP contribution in [0.2, 0.25) is 0 Å². The summed E-state index contributed by atoms with van der Waals surface area (Å²) in [6.07, 6.45) is 3.66. The summed E-state index contributed by atoms with van der Waals surface area (Å²) >= 11 is 0. The molecule has 0 saturated carbocycles. The maximum Gasteiger partial charge on any atom is 0.258 e. The lowest BCUT2D eigenvalue weighted by molar-refractivity contribution is -0.117. The van der Waals surface area contributed by atoms with Gasteiger partial charge < -0.3 is 9.84 Å². The second kappa shape index (κ2) is 7.43. The number of aryl methyl sites for hydroxylation is 1. The molecule has 140 valence electrons. The molecular formula is C20H18N6O2. The van der Waals surface area contributed by atoms with Crippen molar-refractivity contribution in [2.45, 2.75) is 20.4 Å². The predicted molar refractivity (Wildman–Crippen MR) is 103 cm³/mol. The minimum atomic E-state index is -0.154. The number of hydrogen-bond acceptors (Lipinski definition) is 6. The van der Waals surface area contributed by atoms with E-state index < -0.39 is 0 Å². The summed E-state index contributed by atoms with van der Waals surface area (Å²) in [4.78, 5) is 16.6. The van der Waals surface area contributed by atoms with E-state index in [9.17, 15) is 4.79 Å². The third-order valence-electron chi connectivity index (χ3n) is 4.20. The van der Waals surface area contributed by atoms with Crippen LogP contribution < -0.4 is 5.32 Å². The smallest absolute Gasteiger partial charge is 0.258 e. The predicted octanol–water partition coefficient (Wildman–Crippen LogP) is 2.81. The molecule has 8 nitrogen and oxygen atoms in total. The first-order valence-corrected chi connectivity index (χ1v) is 8.76. The monoisotopic (exact) mass is 374 g/mol. The summed E-state index contributed by atoms with van der Waals surface area (Å²) in [6.45, 7) is 3.81. The molecule has 3 aromatic heterocycles. The van der Waals surface area contributed by atoms with Gasteiger partial charge in [0.2, 0.25) is 5.91 Å². The maximum atomic E-state index is 12.4. The summed E-state index contributed by atoms with van der Waals surface area (Å²) < 4.78 is 6.99. The average Bonchev–Trinajstić information content (AvgIpc) is 3.32. The highest BCUT2D eigenvalue weighted by Crippen LogP contribution is 2.18. The van der Waals surface area contributed by atoms with Crippen LogP contribution in [0.3, 0.4) is 0 Å². The van der Waals surface area contributed by atoms with Crippen LogP contribution in [-0.2, 0) is 11.3 Å². The Morgan fingerprint density at radius 3 is 2.79 bits per heavy atom. The van der Waals surface area contributed by atoms with Crippen LogP contribution in [-0.4, -0.2) is 30.6 Å². The van der Waals surface area contributed by atoms with Crippen LogP contribution in [0.1, 0.15) is 24.1 Å². The topological polar surface area (TPSA) is 98.2 Å². The van der Waals surface area contributed by atoms with Gasteiger partial charge in [0.15, 0.2) is 17.3 Å². The zero-order chi connectivity index (χ0) is 19.5. The van der Waals surface area contributed by atoms with Crippen molar-refractivity contribution in [2.75, 3.05) is 0 Å². The molecule has 0 bridgehead atoms. The molecule has 0 fully saturated rings. The van der Waals surface area contributed by atoms with E-state index in [1.165, 1.54) is 0 Å². The zero-order valence-electron chi connectivity index (χ0n) is 15.5. The van der Waals surface area contributed by atoms with E-state index in [0.717, 1.165) is 11.1 Å². The summed E-state index contributed by atoms with van der Waals surface area (Å²) in [5, 5.41) is 15.0. The van der Waals surface area contributed by atoms with E-state index in [-0.39, 0.29) is 12.5 Å². The van der Waals surface area contributed by atoms with Crippen molar-refractivity contribution in [3.05, 3.63) is 71.4 Å². The van der Waals surface area contributed by atoms with E-state index in [1.807, 2.05) is 59.1 Å². The molecule has 0 spiro atoms. The van der Waals surface area contributed by atoms with Gasteiger partial charge in [-0.25, -0.2) is 0 Å². The Morgan fingerprint density at radius 1 is 1.21 bits per heavy atom. The lowest BCUT2D eigenvalue weighted by atomic mass is 10.1. The van der Waals surface area contributed by atoms with E-state index in [2.05, 4.69) is 25.7 Å². The number of nitrogens with zero attached hydrogens (tertiary/aromatic N) is 5. The van der Waals surface area contributed by atoms with E-state index >= 15 is 0 Å². The van der Waals surface area contributed by atoms with Crippen LogP contribution >= 0.6 is 0 Å². The Morgan fingerprint density at radius 2 is 2.04 bits per heavy atom. The Labute approximate surface area is 160 Å². The summed E-state index contributed by atoms with van der Waals surface area (Å²) in [5.74, 6) is 1.47. The van der Waals surface area contributed by atoms with Gasteiger partial charge in [-0.1, -0.05) is 35.5 Å². The minimum absolute atomic E-state index is 0.154. The molecule has 1 amide bonds. The van der Waals surface area contributed by atoms with Crippen LogP contribution in [0.4, 0.5) is 0 Å². The largest absolute Gasteiger partial charge is 0.345 e. The van der Waals surface area contributed by atoms with Crippen molar-refractivity contribution in [3.63, 3.8) is 0 Å². The molecule has 4 rings (SSSR count). The lowest BCUT2D eigenvalue weighted by Crippen LogP contribution is -2.24. The molecule has 0 aliphatic carbocycles. The Hall–Kier alpha value is -3.81. The standard InChI is InChI=1S/C20H18N6O2/c1-13(10-15-6-4-3-5-7-15)19(27)21-12-18-24-23-17-11-16(8-9-26(17)18)20-22-14(2)25-28-20/h3-11H,12H2,1-2H3,(H,21,27)/b13-10+. The van der Waals surface area contributed by atoms with Crippen LogP contribution in [0.5, 0.6) is 0 Å². The molecule has 4 aromatic rings. The van der Waals surface area contributed by atoms with Crippen molar-refractivity contribution in [1.82, 2.24) is 30.1 Å². The maximum absolute atomic E-state index is 12.4. The number of hydrogen-bond donors (Lipinski definition) is 1. The van der Waals surface area contributed by atoms with Gasteiger partial charge in [0, 0.05) is 17.3 Å². The molecule has 0 radical (unpaired) electrons. The fourth-order valence-corrected chi connectivity index (χ4v) is 2.77. The highest BCUT2D eigenvalue weighted by Gasteiger charge is 2.12. The molecular weight excluding hydrogens is 356 g/mol. The van der Waals surface area contributed by atoms with Gasteiger partial charge in [-0.05, 0) is 37.6 Å². The number of carbonyl (C=O) groups excluding carboxylic acids is 1. The molecule has 0 unspecified atom stereocenters.